The van der Waals surface area contributed by atoms with Crippen LogP contribution in [0.1, 0.15) is 66.8 Å². The molecule has 0 saturated heterocycles. The van der Waals surface area contributed by atoms with Gasteiger partial charge in [-0.25, -0.2) is 0 Å². The van der Waals surface area contributed by atoms with E-state index in [1.165, 1.54) is 145 Å². The average Bonchev–Trinajstić information content (AvgIpc) is 4.28. The third-order valence-electron chi connectivity index (χ3n) is 18.2. The van der Waals surface area contributed by atoms with Gasteiger partial charge in [0.2, 0.25) is 0 Å². The van der Waals surface area contributed by atoms with Crippen molar-refractivity contribution in [3.8, 4) is 77.9 Å². The molecular formula is C75H46. The van der Waals surface area contributed by atoms with Crippen LogP contribution in [0, 0.1) is 0 Å². The molecular weight excluding hydrogens is 901 g/mol. The van der Waals surface area contributed by atoms with Gasteiger partial charge in [0, 0.05) is 0 Å². The molecule has 5 aliphatic carbocycles. The molecule has 0 nitrogen and oxygen atoms in total. The number of fused-ring (bicyclic) bond motifs is 23. The second kappa shape index (κ2) is 14.9. The van der Waals surface area contributed by atoms with Crippen molar-refractivity contribution in [3.05, 3.63) is 346 Å². The second-order valence-corrected chi connectivity index (χ2v) is 21.2. The smallest absolute Gasteiger partial charge is 0.0619 e. The maximum atomic E-state index is 2.56. The average molecular weight is 947 g/mol. The largest absolute Gasteiger partial charge is 0.0725 e. The Kier molecular flexibility index (Phi) is 8.16. The zero-order valence-corrected chi connectivity index (χ0v) is 41.1. The topological polar surface area (TPSA) is 0 Å². The molecule has 2 spiro atoms. The van der Waals surface area contributed by atoms with Gasteiger partial charge in [-0.15, -0.1) is 0 Å². The molecule has 0 radical (unpaired) electrons. The Morgan fingerprint density at radius 1 is 0.133 bits per heavy atom. The molecule has 0 amide bonds. The van der Waals surface area contributed by atoms with Crippen molar-refractivity contribution in [3.63, 3.8) is 0 Å². The number of benzene rings is 12. The van der Waals surface area contributed by atoms with Crippen molar-refractivity contribution < 1.29 is 0 Å². The van der Waals surface area contributed by atoms with Crippen LogP contribution in [0.15, 0.2) is 279 Å². The second-order valence-electron chi connectivity index (χ2n) is 21.2. The van der Waals surface area contributed by atoms with E-state index in [-0.39, 0.29) is 0 Å². The summed E-state index contributed by atoms with van der Waals surface area (Å²) >= 11 is 0. The molecule has 0 fully saturated rings. The zero-order chi connectivity index (χ0) is 49.0. The molecule has 0 aromatic heterocycles. The van der Waals surface area contributed by atoms with Crippen LogP contribution in [-0.2, 0) is 16.2 Å². The minimum Gasteiger partial charge on any atom is -0.0619 e. The Morgan fingerprint density at radius 3 is 0.520 bits per heavy atom. The number of rotatable bonds is 4. The first-order valence-electron chi connectivity index (χ1n) is 26.5. The van der Waals surface area contributed by atoms with Crippen LogP contribution in [0.3, 0.4) is 0 Å². The van der Waals surface area contributed by atoms with E-state index in [0.717, 1.165) is 0 Å². The van der Waals surface area contributed by atoms with Crippen LogP contribution in [0.5, 0.6) is 0 Å². The molecule has 17 rings (SSSR count). The normalized spacial score (nSPS) is 15.0. The molecule has 5 aliphatic rings. The summed E-state index contributed by atoms with van der Waals surface area (Å²) in [5, 5.41) is 0. The molecule has 12 aromatic rings. The van der Waals surface area contributed by atoms with E-state index in [9.17, 15) is 0 Å². The Bertz CT molecular complexity index is 4030. The van der Waals surface area contributed by atoms with E-state index in [1.54, 1.807) is 0 Å². The third-order valence-corrected chi connectivity index (χ3v) is 18.2. The van der Waals surface area contributed by atoms with Crippen LogP contribution in [0.2, 0.25) is 0 Å². The fraction of sp³-hybridized carbons (Fsp3) is 0.0400. The lowest BCUT2D eigenvalue weighted by atomic mass is 9.64. The summed E-state index contributed by atoms with van der Waals surface area (Å²) in [4.78, 5) is 0. The van der Waals surface area contributed by atoms with Gasteiger partial charge in [-0.2, -0.15) is 0 Å². The van der Waals surface area contributed by atoms with Gasteiger partial charge in [-0.3, -0.25) is 0 Å². The van der Waals surface area contributed by atoms with Crippen molar-refractivity contribution in [1.82, 2.24) is 0 Å². The Morgan fingerprint density at radius 2 is 0.293 bits per heavy atom. The lowest BCUT2D eigenvalue weighted by Crippen LogP contribution is -2.30. The van der Waals surface area contributed by atoms with E-state index >= 15 is 0 Å². The first-order chi connectivity index (χ1) is 37.2. The quantitative estimate of drug-likeness (QED) is 0.165. The summed E-state index contributed by atoms with van der Waals surface area (Å²) in [5.41, 5.74) is 32.3. The van der Waals surface area contributed by atoms with Gasteiger partial charge < -0.3 is 0 Å². The highest BCUT2D eigenvalue weighted by Gasteiger charge is 2.54. The molecule has 0 saturated carbocycles. The molecule has 0 heterocycles. The highest BCUT2D eigenvalue weighted by molar-refractivity contribution is 5.99. The summed E-state index contributed by atoms with van der Waals surface area (Å²) in [5.74, 6) is 0. The first-order valence-corrected chi connectivity index (χ1v) is 26.5. The molecule has 12 aromatic carbocycles. The van der Waals surface area contributed by atoms with Crippen LogP contribution < -0.4 is 0 Å². The maximum absolute atomic E-state index is 2.56. The van der Waals surface area contributed by atoms with Gasteiger partial charge in [-0.05, 0) is 157 Å². The summed E-state index contributed by atoms with van der Waals surface area (Å²) < 4.78 is 0. The van der Waals surface area contributed by atoms with Crippen molar-refractivity contribution >= 4 is 0 Å². The molecule has 0 bridgehead atoms. The lowest BCUT2D eigenvalue weighted by molar-refractivity contribution is 0.771. The molecule has 0 aliphatic heterocycles. The summed E-state index contributed by atoms with van der Waals surface area (Å²) in [6.07, 6.45) is 0. The van der Waals surface area contributed by atoms with E-state index in [1.807, 2.05) is 0 Å². The van der Waals surface area contributed by atoms with Crippen molar-refractivity contribution in [2.75, 3.05) is 0 Å². The Labute approximate surface area is 437 Å². The standard InChI is InChI=1S/C75H46/c1-11-31-61(49(21-1)47-41-43-59-57-29-9-19-39-69(57)74(71(59)45-47)65-35-15-5-25-53(65)54-26-6-16-36-66(54)74)73(63-33-13-3-23-51(63)52-24-4-14-34-64(52)73)62-32-12-2-22-50(62)48-42-44-60-58-30-10-20-40-70(58)75(72(60)46-48)67-37-17-7-27-55(67)56-28-8-18-38-68(56)75/h1-46H. The van der Waals surface area contributed by atoms with Crippen LogP contribution in [0.4, 0.5) is 0 Å². The number of hydrogen-bond acceptors (Lipinski definition) is 0. The minimum atomic E-state index is -0.696. The summed E-state index contributed by atoms with van der Waals surface area (Å²) in [6, 6.07) is 107. The predicted octanol–water partition coefficient (Wildman–Crippen LogP) is 18.1. The van der Waals surface area contributed by atoms with Gasteiger partial charge in [0.05, 0.1) is 16.2 Å². The summed E-state index contributed by atoms with van der Waals surface area (Å²) in [6.45, 7) is 0. The summed E-state index contributed by atoms with van der Waals surface area (Å²) in [7, 11) is 0. The Hall–Kier alpha value is -9.36. The first kappa shape index (κ1) is 41.1. The van der Waals surface area contributed by atoms with Gasteiger partial charge in [0.25, 0.3) is 0 Å². The van der Waals surface area contributed by atoms with Gasteiger partial charge in [0.15, 0.2) is 0 Å². The van der Waals surface area contributed by atoms with E-state index in [2.05, 4.69) is 279 Å². The van der Waals surface area contributed by atoms with E-state index in [4.69, 9.17) is 0 Å². The maximum Gasteiger partial charge on any atom is 0.0725 e. The molecule has 346 valence electrons. The van der Waals surface area contributed by atoms with Crippen molar-refractivity contribution in [1.29, 1.82) is 0 Å². The van der Waals surface area contributed by atoms with Gasteiger partial charge >= 0.3 is 0 Å². The zero-order valence-electron chi connectivity index (χ0n) is 41.1. The van der Waals surface area contributed by atoms with Crippen molar-refractivity contribution in [2.45, 2.75) is 16.2 Å². The van der Waals surface area contributed by atoms with E-state index in [0.29, 0.717) is 0 Å². The van der Waals surface area contributed by atoms with E-state index < -0.39 is 16.2 Å². The van der Waals surface area contributed by atoms with Crippen LogP contribution >= 0.6 is 0 Å². The fourth-order valence-electron chi connectivity index (χ4n) is 15.6. The molecule has 0 heteroatoms. The molecule has 0 unspecified atom stereocenters. The molecule has 0 atom stereocenters. The number of hydrogen-bond donors (Lipinski definition) is 0. The van der Waals surface area contributed by atoms with Crippen molar-refractivity contribution in [2.24, 2.45) is 0 Å². The van der Waals surface area contributed by atoms with Crippen LogP contribution in [-0.4, -0.2) is 0 Å². The van der Waals surface area contributed by atoms with Gasteiger partial charge in [-0.1, -0.05) is 267 Å². The highest BCUT2D eigenvalue weighted by Crippen LogP contribution is 2.66. The Balaban J connectivity index is 0.934. The molecule has 0 N–H and O–H groups in total. The predicted molar refractivity (Wildman–Crippen MR) is 307 cm³/mol. The SMILES string of the molecule is c1ccc(C2(c3ccccc3-c3ccc4c(c3)C3(c5ccccc5-c5ccccc53)c3ccccc3-4)c3ccccc3-c3ccccc32)c(-c2ccc3c(c2)C2(c4ccccc4-c4ccccc42)c2ccccc2-3)c1. The van der Waals surface area contributed by atoms with Crippen LogP contribution in [0.25, 0.3) is 77.9 Å². The van der Waals surface area contributed by atoms with Gasteiger partial charge in [0.1, 0.15) is 0 Å². The fourth-order valence-corrected chi connectivity index (χ4v) is 15.6. The third kappa shape index (κ3) is 4.94. The minimum absolute atomic E-state index is 0.453. The highest BCUT2D eigenvalue weighted by atomic mass is 14.6. The lowest BCUT2D eigenvalue weighted by Gasteiger charge is -2.37. The molecule has 75 heavy (non-hydrogen) atoms. The monoisotopic (exact) mass is 946 g/mol.